The van der Waals surface area contributed by atoms with Gasteiger partial charge in [-0.15, -0.1) is 11.8 Å². The Hall–Kier alpha value is -4.77. The molecule has 0 saturated carbocycles. The summed E-state index contributed by atoms with van der Waals surface area (Å²) in [7, 11) is 4.44. The molecule has 3 rings (SSSR count). The first kappa shape index (κ1) is 31.8. The molecule has 0 saturated heterocycles. The molecule has 2 amide bonds. The quantitative estimate of drug-likeness (QED) is 0.118. The number of anilines is 1. The van der Waals surface area contributed by atoms with Crippen LogP contribution in [0.3, 0.4) is 0 Å². The number of hydrogen-bond donors (Lipinski definition) is 2. The van der Waals surface area contributed by atoms with Gasteiger partial charge in [-0.25, -0.2) is 0 Å². The van der Waals surface area contributed by atoms with Crippen molar-refractivity contribution in [3.05, 3.63) is 83.6 Å². The number of rotatable bonds is 14. The van der Waals surface area contributed by atoms with Crippen LogP contribution in [0.15, 0.2) is 77.3 Å². The molecule has 3 aromatic carbocycles. The van der Waals surface area contributed by atoms with E-state index in [1.807, 2.05) is 0 Å². The number of carbonyl (C=O) groups excluding carboxylic acids is 4. The van der Waals surface area contributed by atoms with Crippen LogP contribution in [0.5, 0.6) is 17.2 Å². The average molecular weight is 593 g/mol. The molecule has 0 bridgehead atoms. The number of benzene rings is 3. The van der Waals surface area contributed by atoms with Gasteiger partial charge in [-0.1, -0.05) is 24.3 Å². The first-order chi connectivity index (χ1) is 20.3. The number of ketones is 1. The second-order valence-electron chi connectivity index (χ2n) is 8.63. The minimum Gasteiger partial charge on any atom is -0.493 e. The Kier molecular flexibility index (Phi) is 12.0. The molecule has 0 unspecified atom stereocenters. The van der Waals surface area contributed by atoms with Crippen LogP contribution in [0.1, 0.15) is 29.3 Å². The van der Waals surface area contributed by atoms with Crippen molar-refractivity contribution in [2.24, 2.45) is 0 Å². The highest BCUT2D eigenvalue weighted by Gasteiger charge is 2.18. The van der Waals surface area contributed by atoms with Crippen molar-refractivity contribution >= 4 is 47.1 Å². The van der Waals surface area contributed by atoms with E-state index < -0.39 is 17.8 Å². The fourth-order valence-corrected chi connectivity index (χ4v) is 4.56. The lowest BCUT2D eigenvalue weighted by Crippen LogP contribution is -2.30. The van der Waals surface area contributed by atoms with Gasteiger partial charge in [0, 0.05) is 16.1 Å². The van der Waals surface area contributed by atoms with Gasteiger partial charge in [0.25, 0.3) is 11.8 Å². The van der Waals surface area contributed by atoms with E-state index in [2.05, 4.69) is 10.6 Å². The van der Waals surface area contributed by atoms with Crippen LogP contribution in [0.2, 0.25) is 0 Å². The third-order valence-electron chi connectivity index (χ3n) is 5.67. The predicted octanol–water partition coefficient (Wildman–Crippen LogP) is 4.74. The Balaban J connectivity index is 1.86. The molecular formula is C31H32N2O8S. The summed E-state index contributed by atoms with van der Waals surface area (Å²) in [6, 6.07) is 18.7. The van der Waals surface area contributed by atoms with Gasteiger partial charge in [0.2, 0.25) is 5.75 Å². The molecule has 2 N–H and O–H groups in total. The zero-order chi connectivity index (χ0) is 30.5. The zero-order valence-electron chi connectivity index (χ0n) is 23.7. The van der Waals surface area contributed by atoms with Gasteiger partial charge in [0.1, 0.15) is 12.1 Å². The number of amides is 2. The van der Waals surface area contributed by atoms with E-state index in [1.165, 1.54) is 39.2 Å². The van der Waals surface area contributed by atoms with Gasteiger partial charge in [0.15, 0.2) is 17.3 Å². The number of carbonyl (C=O) groups is 4. The van der Waals surface area contributed by atoms with E-state index >= 15 is 0 Å². The number of ether oxygens (including phenoxy) is 4. The number of hydrogen-bond acceptors (Lipinski definition) is 9. The molecule has 0 aliphatic rings. The molecule has 42 heavy (non-hydrogen) atoms. The summed E-state index contributed by atoms with van der Waals surface area (Å²) in [6.45, 7) is 1.89. The van der Waals surface area contributed by atoms with Crippen LogP contribution < -0.4 is 24.8 Å². The maximum absolute atomic E-state index is 13.5. The molecule has 10 nitrogen and oxygen atoms in total. The molecule has 0 aliphatic heterocycles. The zero-order valence-corrected chi connectivity index (χ0v) is 24.5. The Morgan fingerprint density at radius 3 is 2.17 bits per heavy atom. The van der Waals surface area contributed by atoms with Gasteiger partial charge >= 0.3 is 5.97 Å². The van der Waals surface area contributed by atoms with Crippen LogP contribution >= 0.6 is 11.8 Å². The van der Waals surface area contributed by atoms with Crippen molar-refractivity contribution in [3.63, 3.8) is 0 Å². The third kappa shape index (κ3) is 9.13. The van der Waals surface area contributed by atoms with E-state index in [0.29, 0.717) is 39.0 Å². The smallest absolute Gasteiger partial charge is 0.313 e. The van der Waals surface area contributed by atoms with Crippen LogP contribution in [0.4, 0.5) is 5.69 Å². The fourth-order valence-electron chi connectivity index (χ4n) is 3.74. The third-order valence-corrected chi connectivity index (χ3v) is 6.72. The molecule has 0 aromatic heterocycles. The summed E-state index contributed by atoms with van der Waals surface area (Å²) in [5.74, 6) is -0.705. The summed E-state index contributed by atoms with van der Waals surface area (Å²) >= 11 is 1.23. The van der Waals surface area contributed by atoms with E-state index in [4.69, 9.17) is 18.9 Å². The second kappa shape index (κ2) is 15.9. The Morgan fingerprint density at radius 1 is 0.857 bits per heavy atom. The van der Waals surface area contributed by atoms with Gasteiger partial charge < -0.3 is 29.6 Å². The fraction of sp³-hybridized carbons (Fsp3) is 0.226. The topological polar surface area (TPSA) is 129 Å². The van der Waals surface area contributed by atoms with Crippen molar-refractivity contribution in [2.75, 3.05) is 39.0 Å². The minimum absolute atomic E-state index is 0.0409. The molecule has 0 radical (unpaired) electrons. The summed E-state index contributed by atoms with van der Waals surface area (Å²) in [4.78, 5) is 50.8. The van der Waals surface area contributed by atoms with Gasteiger partial charge in [-0.05, 0) is 61.0 Å². The Bertz CT molecular complexity index is 1430. The van der Waals surface area contributed by atoms with E-state index in [9.17, 15) is 19.2 Å². The standard InChI is InChI=1S/C31H32N2O8S/c1-5-41-28(35)18-23(34)19-42-24-13-9-12-22(17-24)32-31(37)25(33-30(36)21-10-7-6-8-11-21)14-20-15-26(38-2)29(40-4)27(16-20)39-3/h6-17H,5,18-19H2,1-4H3,(H,32,37)(H,33,36)/b25-14+. The lowest BCUT2D eigenvalue weighted by atomic mass is 10.1. The van der Waals surface area contributed by atoms with Crippen LogP contribution in [0.25, 0.3) is 6.08 Å². The highest BCUT2D eigenvalue weighted by molar-refractivity contribution is 8.00. The summed E-state index contributed by atoms with van der Waals surface area (Å²) in [6.07, 6.45) is 1.20. The highest BCUT2D eigenvalue weighted by Crippen LogP contribution is 2.38. The van der Waals surface area contributed by atoms with Crippen molar-refractivity contribution in [1.29, 1.82) is 0 Å². The molecular weight excluding hydrogens is 560 g/mol. The number of methoxy groups -OCH3 is 3. The monoisotopic (exact) mass is 592 g/mol. The lowest BCUT2D eigenvalue weighted by molar-refractivity contribution is -0.145. The minimum atomic E-state index is -0.589. The molecule has 0 spiro atoms. The van der Waals surface area contributed by atoms with Crippen molar-refractivity contribution < 1.29 is 38.1 Å². The first-order valence-electron chi connectivity index (χ1n) is 12.9. The van der Waals surface area contributed by atoms with Crippen molar-refractivity contribution in [1.82, 2.24) is 5.32 Å². The lowest BCUT2D eigenvalue weighted by Gasteiger charge is -2.15. The summed E-state index contributed by atoms with van der Waals surface area (Å²) < 4.78 is 21.0. The SMILES string of the molecule is CCOC(=O)CC(=O)CSc1cccc(NC(=O)/C(=C\c2cc(OC)c(OC)c(OC)c2)NC(=O)c2ccccc2)c1. The molecule has 3 aromatic rings. The van der Waals surface area contributed by atoms with E-state index in [0.717, 1.165) is 0 Å². The number of esters is 1. The van der Waals surface area contributed by atoms with Gasteiger partial charge in [0.05, 0.1) is 33.7 Å². The maximum atomic E-state index is 13.5. The van der Waals surface area contributed by atoms with Crippen LogP contribution in [-0.4, -0.2) is 57.3 Å². The van der Waals surface area contributed by atoms with Gasteiger partial charge in [-0.2, -0.15) is 0 Å². The number of Topliss-reactive ketones (excluding diaryl/α,β-unsaturated/α-hetero) is 1. The normalized spacial score (nSPS) is 10.8. The second-order valence-corrected chi connectivity index (χ2v) is 9.68. The molecule has 0 fully saturated rings. The molecule has 0 atom stereocenters. The van der Waals surface area contributed by atoms with Crippen LogP contribution in [-0.2, 0) is 19.1 Å². The number of nitrogens with one attached hydrogen (secondary N) is 2. The maximum Gasteiger partial charge on any atom is 0.313 e. The van der Waals surface area contributed by atoms with E-state index in [1.54, 1.807) is 73.7 Å². The Morgan fingerprint density at radius 2 is 1.55 bits per heavy atom. The predicted molar refractivity (Wildman–Crippen MR) is 160 cm³/mol. The largest absolute Gasteiger partial charge is 0.493 e. The number of thioether (sulfide) groups is 1. The van der Waals surface area contributed by atoms with Gasteiger partial charge in [-0.3, -0.25) is 19.2 Å². The summed E-state index contributed by atoms with van der Waals surface area (Å²) in [5.41, 5.74) is 1.27. The first-order valence-corrected chi connectivity index (χ1v) is 13.9. The molecule has 0 heterocycles. The summed E-state index contributed by atoms with van der Waals surface area (Å²) in [5, 5.41) is 5.49. The van der Waals surface area contributed by atoms with E-state index in [-0.39, 0.29) is 30.3 Å². The Labute approximate surface area is 248 Å². The van der Waals surface area contributed by atoms with Crippen molar-refractivity contribution in [2.45, 2.75) is 18.2 Å². The molecule has 11 heteroatoms. The van der Waals surface area contributed by atoms with Crippen molar-refractivity contribution in [3.8, 4) is 17.2 Å². The molecule has 0 aliphatic carbocycles. The highest BCUT2D eigenvalue weighted by atomic mass is 32.2. The average Bonchev–Trinajstić information content (AvgIpc) is 2.99. The van der Waals surface area contributed by atoms with Crippen LogP contribution in [0, 0.1) is 0 Å². The molecule has 220 valence electrons.